The highest BCUT2D eigenvalue weighted by Gasteiger charge is 2.13. The zero-order chi connectivity index (χ0) is 15.4. The molecule has 0 aliphatic carbocycles. The molecule has 0 atom stereocenters. The first-order chi connectivity index (χ1) is 10.8. The number of para-hydroxylation sites is 1. The molecule has 0 aliphatic heterocycles. The molecule has 0 unspecified atom stereocenters. The van der Waals surface area contributed by atoms with Crippen LogP contribution in [0, 0.1) is 0 Å². The Balaban J connectivity index is 2.10. The number of hydrogen-bond acceptors (Lipinski definition) is 3. The van der Waals surface area contributed by atoms with Crippen molar-refractivity contribution in [1.82, 2.24) is 9.78 Å². The van der Waals surface area contributed by atoms with Gasteiger partial charge in [-0.2, -0.15) is 5.10 Å². The summed E-state index contributed by atoms with van der Waals surface area (Å²) in [7, 11) is 1.67. The molecule has 22 heavy (non-hydrogen) atoms. The van der Waals surface area contributed by atoms with Crippen LogP contribution in [0.25, 0.3) is 16.8 Å². The molecule has 0 spiro atoms. The third-order valence-electron chi connectivity index (χ3n) is 3.63. The number of nitrogens with zero attached hydrogens (tertiary/aromatic N) is 2. The van der Waals surface area contributed by atoms with Crippen molar-refractivity contribution in [3.05, 3.63) is 66.5 Å². The van der Waals surface area contributed by atoms with Gasteiger partial charge in [0.15, 0.2) is 0 Å². The van der Waals surface area contributed by atoms with Crippen molar-refractivity contribution in [2.45, 2.75) is 6.42 Å². The van der Waals surface area contributed by atoms with Crippen molar-refractivity contribution in [3.8, 4) is 22.6 Å². The lowest BCUT2D eigenvalue weighted by atomic mass is 10.0. The molecule has 0 bridgehead atoms. The quantitative estimate of drug-likeness (QED) is 0.786. The number of nitrogens with two attached hydrogens (primary N) is 1. The van der Waals surface area contributed by atoms with E-state index in [4.69, 9.17) is 10.5 Å². The lowest BCUT2D eigenvalue weighted by molar-refractivity contribution is 0.415. The highest BCUT2D eigenvalue weighted by atomic mass is 16.5. The molecule has 2 aromatic carbocycles. The molecule has 2 N–H and O–H groups in total. The molecule has 4 heteroatoms. The molecule has 1 heterocycles. The van der Waals surface area contributed by atoms with Crippen molar-refractivity contribution < 1.29 is 4.74 Å². The number of hydrogen-bond donors (Lipinski definition) is 1. The fraction of sp³-hybridized carbons (Fsp3) is 0.167. The second-order valence-corrected chi connectivity index (χ2v) is 5.02. The average Bonchev–Trinajstić information content (AvgIpc) is 3.00. The molecule has 1 aromatic heterocycles. The van der Waals surface area contributed by atoms with Crippen molar-refractivity contribution >= 4 is 0 Å². The number of methoxy groups -OCH3 is 1. The Hall–Kier alpha value is -2.59. The summed E-state index contributed by atoms with van der Waals surface area (Å²) in [5.74, 6) is 0.837. The van der Waals surface area contributed by atoms with Crippen molar-refractivity contribution in [2.24, 2.45) is 5.73 Å². The van der Waals surface area contributed by atoms with Crippen LogP contribution < -0.4 is 10.5 Å². The van der Waals surface area contributed by atoms with E-state index < -0.39 is 0 Å². The lowest BCUT2D eigenvalue weighted by Crippen LogP contribution is -2.09. The van der Waals surface area contributed by atoms with E-state index in [-0.39, 0.29) is 0 Å². The summed E-state index contributed by atoms with van der Waals surface area (Å²) in [5, 5.41) is 4.56. The number of ether oxygens (including phenoxy) is 1. The molecule has 0 fully saturated rings. The molecular weight excluding hydrogens is 274 g/mol. The summed E-state index contributed by atoms with van der Waals surface area (Å²) in [6, 6.07) is 18.1. The zero-order valence-corrected chi connectivity index (χ0v) is 12.6. The van der Waals surface area contributed by atoms with E-state index >= 15 is 0 Å². The van der Waals surface area contributed by atoms with Gasteiger partial charge in [-0.1, -0.05) is 30.3 Å². The van der Waals surface area contributed by atoms with Gasteiger partial charge in [-0.25, -0.2) is 4.68 Å². The first-order valence-electron chi connectivity index (χ1n) is 7.30. The van der Waals surface area contributed by atoms with Crippen LogP contribution in [0.1, 0.15) is 5.69 Å². The summed E-state index contributed by atoms with van der Waals surface area (Å²) in [5.41, 5.74) is 10.1. The summed E-state index contributed by atoms with van der Waals surface area (Å²) >= 11 is 0. The Morgan fingerprint density at radius 1 is 1.09 bits per heavy atom. The van der Waals surface area contributed by atoms with Crippen molar-refractivity contribution in [1.29, 1.82) is 0 Å². The van der Waals surface area contributed by atoms with Crippen LogP contribution in [0.5, 0.6) is 5.75 Å². The first kappa shape index (κ1) is 14.4. The minimum absolute atomic E-state index is 0.579. The van der Waals surface area contributed by atoms with Crippen molar-refractivity contribution in [2.75, 3.05) is 13.7 Å². The van der Waals surface area contributed by atoms with Gasteiger partial charge in [-0.05, 0) is 36.4 Å². The maximum absolute atomic E-state index is 5.80. The number of aromatic nitrogens is 2. The Labute approximate surface area is 130 Å². The standard InChI is InChI=1S/C18H19N3O/c1-22-16-9-5-6-14(12-16)17-13-20-21(18(17)10-11-19)15-7-3-2-4-8-15/h2-9,12-13H,10-11,19H2,1H3. The Kier molecular flexibility index (Phi) is 4.21. The molecule has 0 amide bonds. The van der Waals surface area contributed by atoms with E-state index in [2.05, 4.69) is 11.2 Å². The highest BCUT2D eigenvalue weighted by molar-refractivity contribution is 5.67. The van der Waals surface area contributed by atoms with Gasteiger partial charge in [0.25, 0.3) is 0 Å². The fourth-order valence-electron chi connectivity index (χ4n) is 2.57. The molecule has 3 rings (SSSR count). The Morgan fingerprint density at radius 2 is 1.91 bits per heavy atom. The monoisotopic (exact) mass is 293 g/mol. The van der Waals surface area contributed by atoms with Crippen LogP contribution in [-0.4, -0.2) is 23.4 Å². The van der Waals surface area contributed by atoms with Crippen LogP contribution in [-0.2, 0) is 6.42 Å². The van der Waals surface area contributed by atoms with Gasteiger partial charge in [-0.15, -0.1) is 0 Å². The molecular formula is C18H19N3O. The molecule has 0 aliphatic rings. The molecule has 0 saturated carbocycles. The lowest BCUT2D eigenvalue weighted by Gasteiger charge is -2.10. The minimum atomic E-state index is 0.579. The second kappa shape index (κ2) is 6.45. The van der Waals surface area contributed by atoms with Crippen LogP contribution in [0.2, 0.25) is 0 Å². The third kappa shape index (κ3) is 2.73. The van der Waals surface area contributed by atoms with E-state index in [1.165, 1.54) is 0 Å². The Bertz CT molecular complexity index is 750. The van der Waals surface area contributed by atoms with Crippen LogP contribution in [0.4, 0.5) is 0 Å². The predicted molar refractivity (Wildman–Crippen MR) is 88.3 cm³/mol. The maximum Gasteiger partial charge on any atom is 0.119 e. The first-order valence-corrected chi connectivity index (χ1v) is 7.30. The van der Waals surface area contributed by atoms with Gasteiger partial charge in [0.05, 0.1) is 24.7 Å². The topological polar surface area (TPSA) is 53.1 Å². The number of rotatable bonds is 5. The largest absolute Gasteiger partial charge is 0.497 e. The molecule has 0 radical (unpaired) electrons. The van der Waals surface area contributed by atoms with Gasteiger partial charge in [0.2, 0.25) is 0 Å². The molecule has 4 nitrogen and oxygen atoms in total. The smallest absolute Gasteiger partial charge is 0.119 e. The van der Waals surface area contributed by atoms with E-state index in [1.807, 2.05) is 59.4 Å². The SMILES string of the molecule is COc1cccc(-c2cnn(-c3ccccc3)c2CCN)c1. The average molecular weight is 293 g/mol. The predicted octanol–water partition coefficient (Wildman–Crippen LogP) is 3.05. The van der Waals surface area contributed by atoms with E-state index in [0.29, 0.717) is 6.54 Å². The molecule has 112 valence electrons. The van der Waals surface area contributed by atoms with Gasteiger partial charge < -0.3 is 10.5 Å². The minimum Gasteiger partial charge on any atom is -0.497 e. The van der Waals surface area contributed by atoms with E-state index in [9.17, 15) is 0 Å². The van der Waals surface area contributed by atoms with Gasteiger partial charge in [-0.3, -0.25) is 0 Å². The van der Waals surface area contributed by atoms with E-state index in [0.717, 1.165) is 34.7 Å². The van der Waals surface area contributed by atoms with Crippen molar-refractivity contribution in [3.63, 3.8) is 0 Å². The fourth-order valence-corrected chi connectivity index (χ4v) is 2.57. The number of benzene rings is 2. The summed E-state index contributed by atoms with van der Waals surface area (Å²) in [6.07, 6.45) is 2.66. The second-order valence-electron chi connectivity index (χ2n) is 5.02. The Morgan fingerprint density at radius 3 is 2.64 bits per heavy atom. The molecule has 3 aromatic rings. The van der Waals surface area contributed by atoms with Crippen LogP contribution in [0.3, 0.4) is 0 Å². The third-order valence-corrected chi connectivity index (χ3v) is 3.63. The summed E-state index contributed by atoms with van der Waals surface area (Å²) < 4.78 is 7.28. The summed E-state index contributed by atoms with van der Waals surface area (Å²) in [6.45, 7) is 0.579. The highest BCUT2D eigenvalue weighted by Crippen LogP contribution is 2.28. The van der Waals surface area contributed by atoms with Gasteiger partial charge in [0, 0.05) is 12.0 Å². The van der Waals surface area contributed by atoms with E-state index in [1.54, 1.807) is 7.11 Å². The zero-order valence-electron chi connectivity index (χ0n) is 12.6. The normalized spacial score (nSPS) is 10.6. The maximum atomic E-state index is 5.80. The van der Waals surface area contributed by atoms with Crippen LogP contribution >= 0.6 is 0 Å². The molecule has 0 saturated heterocycles. The van der Waals surface area contributed by atoms with Crippen LogP contribution in [0.15, 0.2) is 60.8 Å². The van der Waals surface area contributed by atoms with Gasteiger partial charge in [0.1, 0.15) is 5.75 Å². The van der Waals surface area contributed by atoms with Gasteiger partial charge >= 0.3 is 0 Å². The summed E-state index contributed by atoms with van der Waals surface area (Å²) in [4.78, 5) is 0.